The molecule has 0 atom stereocenters. The van der Waals surface area contributed by atoms with E-state index in [4.69, 9.17) is 0 Å². The van der Waals surface area contributed by atoms with Crippen LogP contribution in [0.15, 0.2) is 0 Å². The molecule has 24 heteroatoms. The summed E-state index contributed by atoms with van der Waals surface area (Å²) < 4.78 is 47.9. The van der Waals surface area contributed by atoms with Gasteiger partial charge in [-0.1, -0.05) is 0 Å². The van der Waals surface area contributed by atoms with Crippen molar-refractivity contribution in [1.82, 2.24) is 19.6 Å². The second kappa shape index (κ2) is 13.8. The van der Waals surface area contributed by atoms with Gasteiger partial charge >= 0.3 is 42.3 Å². The molecule has 0 amide bonds. The van der Waals surface area contributed by atoms with E-state index in [1.54, 1.807) is 0 Å². The minimum Gasteiger partial charge on any atom is -0.480 e. The Kier molecular flexibility index (Phi) is 12.9. The Hall–Kier alpha value is -0.620. The zero-order valence-corrected chi connectivity index (χ0v) is 23.3. The predicted molar refractivity (Wildman–Crippen MR) is 127 cm³/mol. The molecule has 1 aliphatic heterocycles. The van der Waals surface area contributed by atoms with Crippen LogP contribution >= 0.6 is 30.4 Å². The minimum atomic E-state index is -5.49. The highest BCUT2D eigenvalue weighted by molar-refractivity contribution is 7.71. The average Bonchev–Trinajstić information content (AvgIpc) is 2.64. The van der Waals surface area contributed by atoms with Gasteiger partial charge in [0.15, 0.2) is 0 Å². The number of carboxylic acid groups (broad SMARTS) is 2. The highest BCUT2D eigenvalue weighted by Crippen LogP contribution is 2.62. The van der Waals surface area contributed by atoms with Gasteiger partial charge in [-0.15, -0.1) is 0 Å². The lowest BCUT2D eigenvalue weighted by Crippen LogP contribution is -2.51. The van der Waals surface area contributed by atoms with Crippen LogP contribution in [0, 0.1) is 0 Å². The van der Waals surface area contributed by atoms with E-state index in [1.165, 1.54) is 0 Å². The lowest BCUT2D eigenvalue weighted by atomic mass is 10.3. The van der Waals surface area contributed by atoms with Gasteiger partial charge in [-0.05, 0) is 0 Å². The molecular formula is C14H32N4O16P4. The largest absolute Gasteiger partial charge is 0.480 e. The van der Waals surface area contributed by atoms with E-state index in [-0.39, 0.29) is 0 Å². The SMILES string of the molecule is O=C(O)CN1CCN(C(P(=O)(O)O)P(=O)(O)O)CCN(CC(=O)O)CCN(C(P(=O)(O)O)P(=O)(O)O)CC1. The Morgan fingerprint density at radius 2 is 0.711 bits per heavy atom. The molecular weight excluding hydrogens is 604 g/mol. The van der Waals surface area contributed by atoms with Crippen molar-refractivity contribution < 1.29 is 77.2 Å². The maximum absolute atomic E-state index is 12.0. The van der Waals surface area contributed by atoms with Gasteiger partial charge in [-0.25, -0.2) is 0 Å². The Morgan fingerprint density at radius 1 is 0.500 bits per heavy atom. The molecule has 1 aliphatic rings. The number of carboxylic acids is 2. The number of nitrogens with zero attached hydrogens (tertiary/aromatic N) is 4. The van der Waals surface area contributed by atoms with Crippen LogP contribution in [-0.2, 0) is 27.8 Å². The summed E-state index contributed by atoms with van der Waals surface area (Å²) in [5.41, 5.74) is -5.25. The van der Waals surface area contributed by atoms with Crippen molar-refractivity contribution in [3.05, 3.63) is 0 Å². The zero-order chi connectivity index (χ0) is 29.7. The third-order valence-corrected chi connectivity index (χ3v) is 12.7. The fourth-order valence-corrected chi connectivity index (χ4v) is 9.69. The molecule has 0 bridgehead atoms. The van der Waals surface area contributed by atoms with Gasteiger partial charge in [-0.2, -0.15) is 0 Å². The molecule has 0 saturated carbocycles. The maximum Gasteiger partial charge on any atom is 0.354 e. The van der Waals surface area contributed by atoms with Crippen molar-refractivity contribution >= 4 is 42.3 Å². The summed E-state index contributed by atoms with van der Waals surface area (Å²) in [6.45, 7) is -5.33. The normalized spacial score (nSPS) is 19.8. The van der Waals surface area contributed by atoms with Crippen molar-refractivity contribution in [3.8, 4) is 0 Å². The van der Waals surface area contributed by atoms with E-state index in [1.807, 2.05) is 0 Å². The van der Waals surface area contributed by atoms with Gasteiger partial charge in [-0.3, -0.25) is 47.4 Å². The number of aliphatic carboxylic acids is 2. The number of hydrogen-bond acceptors (Lipinski definition) is 10. The van der Waals surface area contributed by atoms with Gasteiger partial charge in [0.05, 0.1) is 13.1 Å². The van der Waals surface area contributed by atoms with Crippen molar-refractivity contribution in [2.75, 3.05) is 65.4 Å². The number of rotatable bonds is 10. The Balaban J connectivity index is 3.50. The summed E-state index contributed by atoms with van der Waals surface area (Å²) in [6.07, 6.45) is 0. The first kappa shape index (κ1) is 35.4. The molecule has 0 spiro atoms. The number of hydrogen-bond donors (Lipinski definition) is 10. The minimum absolute atomic E-state index is 0.411. The second-order valence-corrected chi connectivity index (χ2v) is 15.9. The standard InChI is InChI=1S/C14H32N4O16P4/c19-11(20)9-15-1-5-17(13(35(23,24)25)36(26,27)28)7-3-16(10-12(21)22)4-8-18(6-2-15)14(37(29,30)31)38(32,33)34/h13-14H,1-10H2,(H,19,20)(H,21,22)(H2,23,24,25)(H2,26,27,28)(H2,29,30,31)(H2,32,33,34). The molecule has 0 unspecified atom stereocenters. The van der Waals surface area contributed by atoms with Crippen LogP contribution in [0.1, 0.15) is 0 Å². The predicted octanol–water partition coefficient (Wildman–Crippen LogP) is -3.34. The van der Waals surface area contributed by atoms with Crippen LogP contribution < -0.4 is 0 Å². The lowest BCUT2D eigenvalue weighted by Gasteiger charge is -2.38. The summed E-state index contributed by atoms with van der Waals surface area (Å²) in [5, 5.41) is 18.4. The monoisotopic (exact) mass is 636 g/mol. The fourth-order valence-electron chi connectivity index (χ4n) is 3.93. The van der Waals surface area contributed by atoms with Gasteiger partial charge in [0, 0.05) is 52.4 Å². The molecule has 224 valence electrons. The first-order chi connectivity index (χ1) is 17.0. The van der Waals surface area contributed by atoms with E-state index < -0.39 is 119 Å². The summed E-state index contributed by atoms with van der Waals surface area (Å²) in [6, 6.07) is 0. The first-order valence-corrected chi connectivity index (χ1v) is 17.3. The quantitative estimate of drug-likeness (QED) is 0.105. The smallest absolute Gasteiger partial charge is 0.354 e. The molecule has 1 fully saturated rings. The van der Waals surface area contributed by atoms with Gasteiger partial charge in [0.25, 0.3) is 0 Å². The Morgan fingerprint density at radius 3 is 0.868 bits per heavy atom. The van der Waals surface area contributed by atoms with Crippen LogP contribution in [0.5, 0.6) is 0 Å². The third-order valence-electron chi connectivity index (χ3n) is 5.39. The molecule has 20 nitrogen and oxygen atoms in total. The van der Waals surface area contributed by atoms with Crippen molar-refractivity contribution in [1.29, 1.82) is 0 Å². The van der Waals surface area contributed by atoms with E-state index >= 15 is 0 Å². The maximum atomic E-state index is 12.0. The van der Waals surface area contributed by atoms with E-state index in [0.29, 0.717) is 9.80 Å². The Labute approximate surface area is 216 Å². The summed E-state index contributed by atoms with van der Waals surface area (Å²) >= 11 is 0. The topological polar surface area (TPSA) is 318 Å². The summed E-state index contributed by atoms with van der Waals surface area (Å²) in [5.74, 6) is -2.82. The average molecular weight is 636 g/mol. The molecule has 0 aromatic heterocycles. The lowest BCUT2D eigenvalue weighted by molar-refractivity contribution is -0.139. The zero-order valence-electron chi connectivity index (χ0n) is 19.7. The molecule has 10 N–H and O–H groups in total. The second-order valence-electron chi connectivity index (χ2n) is 8.46. The molecule has 38 heavy (non-hydrogen) atoms. The Bertz CT molecular complexity index is 882. The van der Waals surface area contributed by atoms with Crippen molar-refractivity contribution in [2.24, 2.45) is 0 Å². The van der Waals surface area contributed by atoms with Crippen molar-refractivity contribution in [2.45, 2.75) is 11.0 Å². The molecule has 0 aliphatic carbocycles. The van der Waals surface area contributed by atoms with Crippen LogP contribution in [0.25, 0.3) is 0 Å². The van der Waals surface area contributed by atoms with Gasteiger partial charge < -0.3 is 49.4 Å². The third kappa shape index (κ3) is 11.9. The van der Waals surface area contributed by atoms with Crippen LogP contribution in [0.4, 0.5) is 0 Å². The highest BCUT2D eigenvalue weighted by Gasteiger charge is 2.49. The van der Waals surface area contributed by atoms with Crippen LogP contribution in [0.2, 0.25) is 0 Å². The number of carbonyl (C=O) groups is 2. The molecule has 1 rings (SSSR count). The van der Waals surface area contributed by atoms with Gasteiger partial charge in [0.2, 0.25) is 11.0 Å². The molecule has 1 saturated heterocycles. The first-order valence-electron chi connectivity index (χ1n) is 10.6. The molecule has 1 heterocycles. The van der Waals surface area contributed by atoms with Crippen LogP contribution in [0.3, 0.4) is 0 Å². The van der Waals surface area contributed by atoms with E-state index in [9.17, 15) is 77.2 Å². The molecule has 0 radical (unpaired) electrons. The van der Waals surface area contributed by atoms with Crippen LogP contribution in [-0.4, -0.2) is 157 Å². The van der Waals surface area contributed by atoms with E-state index in [2.05, 4.69) is 0 Å². The van der Waals surface area contributed by atoms with Crippen molar-refractivity contribution in [3.63, 3.8) is 0 Å². The summed E-state index contributed by atoms with van der Waals surface area (Å²) in [4.78, 5) is 103. The summed E-state index contributed by atoms with van der Waals surface area (Å²) in [7, 11) is -21.9. The van der Waals surface area contributed by atoms with E-state index in [0.717, 1.165) is 9.80 Å². The molecule has 0 aromatic carbocycles. The highest BCUT2D eigenvalue weighted by atomic mass is 31.2. The van der Waals surface area contributed by atoms with Gasteiger partial charge in [0.1, 0.15) is 0 Å². The molecule has 0 aromatic rings. The fraction of sp³-hybridized carbons (Fsp3) is 0.857.